The van der Waals surface area contributed by atoms with E-state index in [0.29, 0.717) is 5.56 Å². The van der Waals surface area contributed by atoms with Crippen LogP contribution >= 0.6 is 0 Å². The van der Waals surface area contributed by atoms with Gasteiger partial charge >= 0.3 is 5.97 Å². The molecule has 2 N–H and O–H groups in total. The molecule has 1 aliphatic rings. The van der Waals surface area contributed by atoms with Gasteiger partial charge in [-0.05, 0) is 34.2 Å². The molecule has 22 heavy (non-hydrogen) atoms. The van der Waals surface area contributed by atoms with Crippen molar-refractivity contribution in [1.29, 1.82) is 0 Å². The Balaban J connectivity index is 1.83. The molecule has 0 heterocycles. The molecule has 0 saturated carbocycles. The zero-order chi connectivity index (χ0) is 15.7. The largest absolute Gasteiger partial charge is 0.469 e. The van der Waals surface area contributed by atoms with Crippen LogP contribution in [0, 0.1) is 0 Å². The minimum atomic E-state index is -1.17. The molecule has 0 aliphatic heterocycles. The molecule has 0 bridgehead atoms. The first-order valence-corrected chi connectivity index (χ1v) is 7.24. The number of carbonyl (C=O) groups is 1. The summed E-state index contributed by atoms with van der Waals surface area (Å²) in [5.41, 5.74) is 5.38. The van der Waals surface area contributed by atoms with Crippen LogP contribution in [-0.4, -0.2) is 29.4 Å². The number of hydrogen-bond acceptors (Lipinski definition) is 4. The summed E-state index contributed by atoms with van der Waals surface area (Å²) in [6, 6.07) is 13.9. The third-order valence-electron chi connectivity index (χ3n) is 4.13. The summed E-state index contributed by atoms with van der Waals surface area (Å²) in [6.45, 7) is 0. The lowest BCUT2D eigenvalue weighted by molar-refractivity contribution is -0.144. The molecule has 2 atom stereocenters. The molecule has 2 unspecified atom stereocenters. The number of methoxy groups -OCH3 is 1. The molecular formula is C18H18O4. The zero-order valence-electron chi connectivity index (χ0n) is 12.3. The van der Waals surface area contributed by atoms with Crippen molar-refractivity contribution in [2.45, 2.75) is 25.0 Å². The fourth-order valence-electron chi connectivity index (χ4n) is 2.94. The lowest BCUT2D eigenvalue weighted by atomic mass is 9.97. The van der Waals surface area contributed by atoms with Gasteiger partial charge in [-0.25, -0.2) is 0 Å². The van der Waals surface area contributed by atoms with Gasteiger partial charge in [-0.1, -0.05) is 42.5 Å². The number of benzene rings is 2. The van der Waals surface area contributed by atoms with E-state index in [4.69, 9.17) is 0 Å². The fourth-order valence-corrected chi connectivity index (χ4v) is 2.94. The van der Waals surface area contributed by atoms with Gasteiger partial charge in [0.25, 0.3) is 0 Å². The number of aliphatic hydroxyl groups excluding tert-OH is 2. The number of carbonyl (C=O) groups excluding carboxylic acids is 1. The van der Waals surface area contributed by atoms with Gasteiger partial charge in [-0.15, -0.1) is 0 Å². The third kappa shape index (κ3) is 2.63. The summed E-state index contributed by atoms with van der Waals surface area (Å²) in [6.07, 6.45) is -1.68. The molecule has 0 amide bonds. The smallest absolute Gasteiger partial charge is 0.308 e. The number of esters is 1. The van der Waals surface area contributed by atoms with Crippen LogP contribution in [0.1, 0.15) is 29.2 Å². The van der Waals surface area contributed by atoms with E-state index in [0.717, 1.165) is 17.5 Å². The van der Waals surface area contributed by atoms with E-state index < -0.39 is 18.2 Å². The molecular weight excluding hydrogens is 280 g/mol. The summed E-state index contributed by atoms with van der Waals surface area (Å²) >= 11 is 0. The second-order valence-corrected chi connectivity index (χ2v) is 5.54. The van der Waals surface area contributed by atoms with Crippen molar-refractivity contribution in [3.05, 3.63) is 59.2 Å². The third-order valence-corrected chi connectivity index (χ3v) is 4.13. The van der Waals surface area contributed by atoms with Gasteiger partial charge in [0.2, 0.25) is 0 Å². The monoisotopic (exact) mass is 298 g/mol. The fraction of sp³-hybridized carbons (Fsp3) is 0.278. The van der Waals surface area contributed by atoms with E-state index in [-0.39, 0.29) is 6.42 Å². The molecule has 0 aromatic heterocycles. The predicted octanol–water partition coefficient (Wildman–Crippen LogP) is 2.22. The van der Waals surface area contributed by atoms with Gasteiger partial charge in [0.05, 0.1) is 19.6 Å². The summed E-state index contributed by atoms with van der Waals surface area (Å²) < 4.78 is 4.51. The zero-order valence-corrected chi connectivity index (χ0v) is 12.3. The first-order chi connectivity index (χ1) is 10.6. The maximum atomic E-state index is 11.2. The Labute approximate surface area is 129 Å². The van der Waals surface area contributed by atoms with Crippen molar-refractivity contribution in [2.24, 2.45) is 0 Å². The minimum Gasteiger partial charge on any atom is -0.469 e. The van der Waals surface area contributed by atoms with Gasteiger partial charge in [0, 0.05) is 0 Å². The molecule has 0 radical (unpaired) electrons. The Morgan fingerprint density at radius 2 is 1.86 bits per heavy atom. The number of ether oxygens (including phenoxy) is 1. The molecule has 1 aliphatic carbocycles. The van der Waals surface area contributed by atoms with Crippen LogP contribution in [-0.2, 0) is 16.0 Å². The van der Waals surface area contributed by atoms with E-state index in [9.17, 15) is 15.0 Å². The summed E-state index contributed by atoms with van der Waals surface area (Å²) in [5.74, 6) is -0.542. The van der Waals surface area contributed by atoms with Gasteiger partial charge in [0.15, 0.2) is 0 Å². The topological polar surface area (TPSA) is 66.8 Å². The molecule has 4 heteroatoms. The first kappa shape index (κ1) is 14.8. The second-order valence-electron chi connectivity index (χ2n) is 5.54. The summed E-state index contributed by atoms with van der Waals surface area (Å²) in [5, 5.41) is 20.2. The molecule has 0 spiro atoms. The Hall–Kier alpha value is -2.17. The van der Waals surface area contributed by atoms with Gasteiger partial charge in [0.1, 0.15) is 6.10 Å². The van der Waals surface area contributed by atoms with Crippen LogP contribution in [0.3, 0.4) is 0 Å². The maximum absolute atomic E-state index is 11.2. The van der Waals surface area contributed by atoms with Crippen LogP contribution < -0.4 is 0 Å². The predicted molar refractivity (Wildman–Crippen MR) is 82.3 cm³/mol. The van der Waals surface area contributed by atoms with Crippen molar-refractivity contribution >= 4 is 5.97 Å². The lowest BCUT2D eigenvalue weighted by Gasteiger charge is -2.18. The average molecular weight is 298 g/mol. The van der Waals surface area contributed by atoms with Crippen LogP contribution in [0.2, 0.25) is 0 Å². The Morgan fingerprint density at radius 1 is 1.14 bits per heavy atom. The van der Waals surface area contributed by atoms with E-state index in [1.165, 1.54) is 18.2 Å². The van der Waals surface area contributed by atoms with Gasteiger partial charge in [-0.2, -0.15) is 0 Å². The highest BCUT2D eigenvalue weighted by Gasteiger charge is 2.24. The Morgan fingerprint density at radius 3 is 2.64 bits per heavy atom. The maximum Gasteiger partial charge on any atom is 0.308 e. The van der Waals surface area contributed by atoms with E-state index in [2.05, 4.69) is 16.9 Å². The van der Waals surface area contributed by atoms with E-state index in [1.807, 2.05) is 24.3 Å². The highest BCUT2D eigenvalue weighted by molar-refractivity contribution is 5.77. The average Bonchev–Trinajstić information content (AvgIpc) is 2.91. The van der Waals surface area contributed by atoms with Crippen LogP contribution in [0.15, 0.2) is 42.5 Å². The molecule has 3 rings (SSSR count). The summed E-state index contributed by atoms with van der Waals surface area (Å²) in [4.78, 5) is 11.2. The molecule has 2 aromatic carbocycles. The van der Waals surface area contributed by atoms with E-state index >= 15 is 0 Å². The van der Waals surface area contributed by atoms with Crippen LogP contribution in [0.25, 0.3) is 11.1 Å². The first-order valence-electron chi connectivity index (χ1n) is 7.24. The SMILES string of the molecule is COC(=O)CC(O)C(O)c1ccc2c(c1)Cc1ccccc1-2. The van der Waals surface area contributed by atoms with Crippen molar-refractivity contribution in [1.82, 2.24) is 0 Å². The molecule has 4 nitrogen and oxygen atoms in total. The Bertz CT molecular complexity index is 708. The van der Waals surface area contributed by atoms with Gasteiger partial charge in [-0.3, -0.25) is 4.79 Å². The van der Waals surface area contributed by atoms with Crippen molar-refractivity contribution < 1.29 is 19.7 Å². The van der Waals surface area contributed by atoms with Crippen molar-refractivity contribution in [3.8, 4) is 11.1 Å². The van der Waals surface area contributed by atoms with Gasteiger partial charge < -0.3 is 14.9 Å². The molecule has 0 fully saturated rings. The minimum absolute atomic E-state index is 0.227. The normalized spacial score (nSPS) is 14.9. The number of hydrogen-bond donors (Lipinski definition) is 2. The quantitative estimate of drug-likeness (QED) is 0.725. The number of rotatable bonds is 4. The van der Waals surface area contributed by atoms with Crippen LogP contribution in [0.4, 0.5) is 0 Å². The Kier molecular flexibility index (Phi) is 3.96. The highest BCUT2D eigenvalue weighted by Crippen LogP contribution is 2.37. The highest BCUT2D eigenvalue weighted by atomic mass is 16.5. The second kappa shape index (κ2) is 5.91. The molecule has 0 saturated heterocycles. The van der Waals surface area contributed by atoms with E-state index in [1.54, 1.807) is 6.07 Å². The lowest BCUT2D eigenvalue weighted by Crippen LogP contribution is -2.22. The van der Waals surface area contributed by atoms with Crippen LogP contribution in [0.5, 0.6) is 0 Å². The standard InChI is InChI=1S/C18H18O4/c1-22-17(20)10-16(19)18(21)12-6-7-15-13(9-12)8-11-4-2-3-5-14(11)15/h2-7,9,16,18-19,21H,8,10H2,1H3. The number of fused-ring (bicyclic) bond motifs is 3. The van der Waals surface area contributed by atoms with Crippen molar-refractivity contribution in [2.75, 3.05) is 7.11 Å². The molecule has 2 aromatic rings. The molecule has 114 valence electrons. The van der Waals surface area contributed by atoms with Crippen molar-refractivity contribution in [3.63, 3.8) is 0 Å². The summed E-state index contributed by atoms with van der Waals surface area (Å²) in [7, 11) is 1.26. The number of aliphatic hydroxyl groups is 2.